The molecule has 94 valence electrons. The molecule has 0 saturated carbocycles. The highest BCUT2D eigenvalue weighted by Gasteiger charge is 2.09. The lowest BCUT2D eigenvalue weighted by atomic mass is 10.2. The van der Waals surface area contributed by atoms with Crippen molar-refractivity contribution in [1.29, 1.82) is 0 Å². The molecule has 0 fully saturated rings. The topological polar surface area (TPSA) is 37.8 Å². The van der Waals surface area contributed by atoms with Crippen molar-refractivity contribution in [3.8, 4) is 0 Å². The SMILES string of the molecule is Cc1cccc(Nc2nc(C)c(C)nc2Cl)c1Br. The number of hydrogen-bond donors (Lipinski definition) is 1. The molecule has 1 heterocycles. The van der Waals surface area contributed by atoms with Crippen molar-refractivity contribution in [2.24, 2.45) is 0 Å². The van der Waals surface area contributed by atoms with E-state index in [0.717, 1.165) is 27.1 Å². The number of nitrogens with zero attached hydrogens (tertiary/aromatic N) is 2. The number of rotatable bonds is 2. The number of aryl methyl sites for hydroxylation is 3. The van der Waals surface area contributed by atoms with Gasteiger partial charge in [0.25, 0.3) is 0 Å². The Labute approximate surface area is 120 Å². The van der Waals surface area contributed by atoms with Gasteiger partial charge in [-0.2, -0.15) is 0 Å². The van der Waals surface area contributed by atoms with Gasteiger partial charge in [0.15, 0.2) is 11.0 Å². The molecule has 1 aromatic carbocycles. The molecule has 5 heteroatoms. The molecule has 0 aliphatic heterocycles. The number of aromatic nitrogens is 2. The minimum absolute atomic E-state index is 0.381. The maximum atomic E-state index is 6.09. The van der Waals surface area contributed by atoms with Crippen molar-refractivity contribution in [2.75, 3.05) is 5.32 Å². The Kier molecular flexibility index (Phi) is 3.88. The van der Waals surface area contributed by atoms with Gasteiger partial charge in [0, 0.05) is 4.47 Å². The first-order valence-electron chi connectivity index (χ1n) is 5.52. The number of halogens is 2. The first-order valence-corrected chi connectivity index (χ1v) is 6.69. The van der Waals surface area contributed by atoms with Crippen LogP contribution in [0.1, 0.15) is 17.0 Å². The molecule has 1 aromatic heterocycles. The van der Waals surface area contributed by atoms with E-state index in [-0.39, 0.29) is 0 Å². The van der Waals surface area contributed by atoms with Crippen molar-refractivity contribution in [1.82, 2.24) is 9.97 Å². The molecule has 0 amide bonds. The maximum absolute atomic E-state index is 6.09. The zero-order valence-corrected chi connectivity index (χ0v) is 12.7. The Morgan fingerprint density at radius 2 is 1.78 bits per heavy atom. The van der Waals surface area contributed by atoms with Crippen LogP contribution in [-0.2, 0) is 0 Å². The van der Waals surface area contributed by atoms with Crippen LogP contribution in [0.15, 0.2) is 22.7 Å². The zero-order chi connectivity index (χ0) is 13.3. The minimum Gasteiger partial charge on any atom is -0.337 e. The molecular weight excluding hydrogens is 314 g/mol. The predicted octanol–water partition coefficient (Wildman–Crippen LogP) is 4.56. The summed E-state index contributed by atoms with van der Waals surface area (Å²) < 4.78 is 1.00. The Morgan fingerprint density at radius 3 is 2.50 bits per heavy atom. The fraction of sp³-hybridized carbons (Fsp3) is 0.231. The monoisotopic (exact) mass is 325 g/mol. The average molecular weight is 327 g/mol. The molecule has 0 aliphatic rings. The Morgan fingerprint density at radius 1 is 1.11 bits per heavy atom. The third-order valence-electron chi connectivity index (χ3n) is 2.71. The van der Waals surface area contributed by atoms with Gasteiger partial charge < -0.3 is 5.32 Å². The molecule has 2 rings (SSSR count). The fourth-order valence-electron chi connectivity index (χ4n) is 1.53. The summed E-state index contributed by atoms with van der Waals surface area (Å²) in [4.78, 5) is 8.66. The highest BCUT2D eigenvalue weighted by Crippen LogP contribution is 2.30. The quantitative estimate of drug-likeness (QED) is 0.879. The number of hydrogen-bond acceptors (Lipinski definition) is 3. The fourth-order valence-corrected chi connectivity index (χ4v) is 2.11. The Bertz CT molecular complexity index is 599. The van der Waals surface area contributed by atoms with E-state index in [1.54, 1.807) is 0 Å². The molecular formula is C13H13BrClN3. The van der Waals surface area contributed by atoms with Crippen LogP contribution in [0.25, 0.3) is 0 Å². The first-order chi connectivity index (χ1) is 8.49. The second-order valence-electron chi connectivity index (χ2n) is 4.10. The van der Waals surface area contributed by atoms with Crippen LogP contribution >= 0.6 is 27.5 Å². The van der Waals surface area contributed by atoms with Gasteiger partial charge in [-0.15, -0.1) is 0 Å². The van der Waals surface area contributed by atoms with Crippen LogP contribution in [-0.4, -0.2) is 9.97 Å². The normalized spacial score (nSPS) is 10.5. The van der Waals surface area contributed by atoms with E-state index in [1.807, 2.05) is 39.0 Å². The van der Waals surface area contributed by atoms with E-state index in [9.17, 15) is 0 Å². The van der Waals surface area contributed by atoms with E-state index in [0.29, 0.717) is 11.0 Å². The van der Waals surface area contributed by atoms with Gasteiger partial charge in [0.1, 0.15) is 0 Å². The van der Waals surface area contributed by atoms with Crippen LogP contribution in [0.5, 0.6) is 0 Å². The van der Waals surface area contributed by atoms with Gasteiger partial charge in [0.2, 0.25) is 0 Å². The predicted molar refractivity (Wildman–Crippen MR) is 78.7 cm³/mol. The molecule has 3 nitrogen and oxygen atoms in total. The van der Waals surface area contributed by atoms with Crippen molar-refractivity contribution >= 4 is 39.0 Å². The molecule has 18 heavy (non-hydrogen) atoms. The third-order valence-corrected chi connectivity index (χ3v) is 4.03. The van der Waals surface area contributed by atoms with Gasteiger partial charge in [0.05, 0.1) is 17.1 Å². The number of nitrogens with one attached hydrogen (secondary N) is 1. The summed E-state index contributed by atoms with van der Waals surface area (Å²) >= 11 is 9.63. The van der Waals surface area contributed by atoms with Gasteiger partial charge in [-0.25, -0.2) is 9.97 Å². The average Bonchev–Trinajstić information content (AvgIpc) is 2.32. The van der Waals surface area contributed by atoms with E-state index < -0.39 is 0 Å². The number of benzene rings is 1. The molecule has 0 bridgehead atoms. The molecule has 0 unspecified atom stereocenters. The third kappa shape index (κ3) is 2.65. The highest BCUT2D eigenvalue weighted by molar-refractivity contribution is 9.10. The van der Waals surface area contributed by atoms with Crippen molar-refractivity contribution in [3.05, 3.63) is 44.8 Å². The summed E-state index contributed by atoms with van der Waals surface area (Å²) in [6.07, 6.45) is 0. The lowest BCUT2D eigenvalue weighted by Gasteiger charge is -2.11. The minimum atomic E-state index is 0.381. The van der Waals surface area contributed by atoms with Crippen molar-refractivity contribution in [2.45, 2.75) is 20.8 Å². The van der Waals surface area contributed by atoms with E-state index in [1.165, 1.54) is 0 Å². The number of anilines is 2. The summed E-state index contributed by atoms with van der Waals surface area (Å²) in [5, 5.41) is 3.58. The van der Waals surface area contributed by atoms with Gasteiger partial charge >= 0.3 is 0 Å². The van der Waals surface area contributed by atoms with E-state index >= 15 is 0 Å². The zero-order valence-electron chi connectivity index (χ0n) is 10.4. The second kappa shape index (κ2) is 5.24. The van der Waals surface area contributed by atoms with Gasteiger partial charge in [-0.1, -0.05) is 23.7 Å². The molecule has 0 saturated heterocycles. The summed E-state index contributed by atoms with van der Waals surface area (Å²) in [5.74, 6) is 0.575. The molecule has 0 aliphatic carbocycles. The summed E-state index contributed by atoms with van der Waals surface area (Å²) in [6.45, 7) is 5.83. The van der Waals surface area contributed by atoms with Crippen LogP contribution in [0.2, 0.25) is 5.15 Å². The Balaban J connectivity index is 2.40. The van der Waals surface area contributed by atoms with Gasteiger partial charge in [-0.05, 0) is 48.3 Å². The molecule has 2 aromatic rings. The molecule has 0 spiro atoms. The molecule has 0 atom stereocenters. The molecule has 0 radical (unpaired) electrons. The van der Waals surface area contributed by atoms with Crippen LogP contribution in [0, 0.1) is 20.8 Å². The van der Waals surface area contributed by atoms with E-state index in [2.05, 4.69) is 31.2 Å². The van der Waals surface area contributed by atoms with Crippen molar-refractivity contribution in [3.63, 3.8) is 0 Å². The van der Waals surface area contributed by atoms with E-state index in [4.69, 9.17) is 11.6 Å². The highest BCUT2D eigenvalue weighted by atomic mass is 79.9. The van der Waals surface area contributed by atoms with Crippen molar-refractivity contribution < 1.29 is 0 Å². The lowest BCUT2D eigenvalue weighted by Crippen LogP contribution is -2.01. The van der Waals surface area contributed by atoms with Gasteiger partial charge in [-0.3, -0.25) is 0 Å². The summed E-state index contributed by atoms with van der Waals surface area (Å²) in [5.41, 5.74) is 3.78. The largest absolute Gasteiger partial charge is 0.337 e. The second-order valence-corrected chi connectivity index (χ2v) is 5.25. The standard InChI is InChI=1S/C13H13BrClN3/c1-7-5-4-6-10(11(7)14)18-13-12(15)16-8(2)9(3)17-13/h4-6H,1-3H3,(H,17,18). The Hall–Kier alpha value is -1.13. The summed E-state index contributed by atoms with van der Waals surface area (Å²) in [6, 6.07) is 5.97. The smallest absolute Gasteiger partial charge is 0.172 e. The maximum Gasteiger partial charge on any atom is 0.172 e. The molecule has 1 N–H and O–H groups in total. The lowest BCUT2D eigenvalue weighted by molar-refractivity contribution is 1.05. The summed E-state index contributed by atoms with van der Waals surface area (Å²) in [7, 11) is 0. The van der Waals surface area contributed by atoms with Crippen LogP contribution in [0.4, 0.5) is 11.5 Å². The van der Waals surface area contributed by atoms with Crippen LogP contribution in [0.3, 0.4) is 0 Å². The first kappa shape index (κ1) is 13.3. The van der Waals surface area contributed by atoms with Crippen LogP contribution < -0.4 is 5.32 Å².